The first-order valence-corrected chi connectivity index (χ1v) is 7.53. The van der Waals surface area contributed by atoms with Crippen molar-refractivity contribution < 1.29 is 23.8 Å². The number of rotatable bonds is 6. The molecule has 0 aliphatic carbocycles. The Labute approximate surface area is 144 Å². The van der Waals surface area contributed by atoms with Crippen LogP contribution in [-0.2, 0) is 22.4 Å². The van der Waals surface area contributed by atoms with Gasteiger partial charge in [0.15, 0.2) is 0 Å². The van der Waals surface area contributed by atoms with E-state index in [9.17, 15) is 14.4 Å². The Bertz CT molecular complexity index is 782. The Balaban J connectivity index is 2.31. The fraction of sp³-hybridized carbons (Fsp3) is 0.278. The zero-order valence-corrected chi connectivity index (χ0v) is 14.3. The van der Waals surface area contributed by atoms with E-state index < -0.39 is 17.4 Å². The van der Waals surface area contributed by atoms with E-state index in [1.807, 2.05) is 24.3 Å². The van der Waals surface area contributed by atoms with Gasteiger partial charge in [0.25, 0.3) is 0 Å². The average molecular weight is 345 g/mol. The minimum atomic E-state index is -0.797. The number of aromatic nitrogens is 1. The second-order valence-electron chi connectivity index (χ2n) is 5.23. The van der Waals surface area contributed by atoms with Crippen LogP contribution < -0.4 is 10.2 Å². The number of carbonyl (C=O) groups is 2. The van der Waals surface area contributed by atoms with Crippen LogP contribution >= 0.6 is 0 Å². The number of nitrogens with zero attached hydrogens (tertiary/aromatic N) is 1. The van der Waals surface area contributed by atoms with Gasteiger partial charge in [-0.05, 0) is 24.1 Å². The van der Waals surface area contributed by atoms with E-state index in [0.29, 0.717) is 13.0 Å². The minimum absolute atomic E-state index is 0.208. The Kier molecular flexibility index (Phi) is 5.94. The van der Waals surface area contributed by atoms with Crippen LogP contribution in [-0.4, -0.2) is 37.8 Å². The molecule has 1 aromatic carbocycles. The van der Waals surface area contributed by atoms with Crippen molar-refractivity contribution in [2.75, 3.05) is 21.3 Å². The van der Waals surface area contributed by atoms with Crippen molar-refractivity contribution in [3.05, 3.63) is 63.6 Å². The van der Waals surface area contributed by atoms with Crippen molar-refractivity contribution in [3.8, 4) is 5.75 Å². The highest BCUT2D eigenvalue weighted by Crippen LogP contribution is 2.12. The van der Waals surface area contributed by atoms with Gasteiger partial charge in [-0.2, -0.15) is 0 Å². The monoisotopic (exact) mass is 345 g/mol. The first-order chi connectivity index (χ1) is 12.0. The zero-order valence-electron chi connectivity index (χ0n) is 14.3. The maximum atomic E-state index is 12.2. The normalized spacial score (nSPS) is 10.2. The van der Waals surface area contributed by atoms with Crippen molar-refractivity contribution in [2.45, 2.75) is 13.0 Å². The molecule has 7 nitrogen and oxygen atoms in total. The van der Waals surface area contributed by atoms with Gasteiger partial charge in [0.05, 0.1) is 21.3 Å². The highest BCUT2D eigenvalue weighted by atomic mass is 16.5. The maximum Gasteiger partial charge on any atom is 0.343 e. The molecule has 0 N–H and O–H groups in total. The number of ether oxygens (including phenoxy) is 3. The van der Waals surface area contributed by atoms with Gasteiger partial charge in [-0.3, -0.25) is 4.79 Å². The first kappa shape index (κ1) is 18.3. The average Bonchev–Trinajstić information content (AvgIpc) is 2.66. The topological polar surface area (TPSA) is 83.8 Å². The Morgan fingerprint density at radius 2 is 1.44 bits per heavy atom. The summed E-state index contributed by atoms with van der Waals surface area (Å²) in [5.74, 6) is -0.837. The summed E-state index contributed by atoms with van der Waals surface area (Å²) in [4.78, 5) is 35.8. The fourth-order valence-electron chi connectivity index (χ4n) is 2.32. The van der Waals surface area contributed by atoms with Crippen LogP contribution in [0.4, 0.5) is 0 Å². The fourth-order valence-corrected chi connectivity index (χ4v) is 2.32. The second-order valence-corrected chi connectivity index (χ2v) is 5.23. The maximum absolute atomic E-state index is 12.2. The van der Waals surface area contributed by atoms with E-state index in [-0.39, 0.29) is 11.1 Å². The number of benzene rings is 1. The molecule has 7 heteroatoms. The third kappa shape index (κ3) is 4.26. The number of methoxy groups -OCH3 is 3. The molecule has 0 atom stereocenters. The van der Waals surface area contributed by atoms with Crippen LogP contribution in [0.3, 0.4) is 0 Å². The Hall–Kier alpha value is -3.09. The lowest BCUT2D eigenvalue weighted by Gasteiger charge is -2.11. The van der Waals surface area contributed by atoms with Crippen molar-refractivity contribution in [1.29, 1.82) is 0 Å². The van der Waals surface area contributed by atoms with Crippen LogP contribution in [0.1, 0.15) is 26.3 Å². The van der Waals surface area contributed by atoms with Crippen molar-refractivity contribution in [3.63, 3.8) is 0 Å². The van der Waals surface area contributed by atoms with Crippen molar-refractivity contribution in [2.24, 2.45) is 0 Å². The Morgan fingerprint density at radius 3 is 1.88 bits per heavy atom. The Morgan fingerprint density at radius 1 is 0.920 bits per heavy atom. The third-order valence-corrected chi connectivity index (χ3v) is 3.71. The van der Waals surface area contributed by atoms with Crippen LogP contribution in [0, 0.1) is 0 Å². The number of hydrogen-bond acceptors (Lipinski definition) is 6. The van der Waals surface area contributed by atoms with Gasteiger partial charge in [-0.15, -0.1) is 0 Å². The number of hydrogen-bond donors (Lipinski definition) is 0. The number of aryl methyl sites for hydroxylation is 2. The van der Waals surface area contributed by atoms with Gasteiger partial charge in [0, 0.05) is 18.9 Å². The predicted octanol–water partition coefficient (Wildman–Crippen LogP) is 1.67. The highest BCUT2D eigenvalue weighted by molar-refractivity contribution is 5.94. The summed E-state index contributed by atoms with van der Waals surface area (Å²) in [5.41, 5.74) is -0.0848. The molecule has 0 saturated heterocycles. The van der Waals surface area contributed by atoms with E-state index in [0.717, 1.165) is 11.3 Å². The lowest BCUT2D eigenvalue weighted by atomic mass is 10.1. The smallest absolute Gasteiger partial charge is 0.343 e. The van der Waals surface area contributed by atoms with Crippen molar-refractivity contribution >= 4 is 11.9 Å². The van der Waals surface area contributed by atoms with E-state index in [1.54, 1.807) is 11.7 Å². The lowest BCUT2D eigenvalue weighted by Crippen LogP contribution is -2.26. The molecule has 0 aliphatic rings. The SMILES string of the molecule is COC(=O)c1cn(CCc2ccc(OC)cc2)cc(C(=O)OC)c1=O. The molecule has 0 unspecified atom stereocenters. The molecule has 0 radical (unpaired) electrons. The van der Waals surface area contributed by atoms with Gasteiger partial charge >= 0.3 is 11.9 Å². The number of carbonyl (C=O) groups excluding carboxylic acids is 2. The number of pyridine rings is 1. The van der Waals surface area contributed by atoms with Crippen LogP contribution in [0.25, 0.3) is 0 Å². The molecule has 0 fully saturated rings. The lowest BCUT2D eigenvalue weighted by molar-refractivity contribution is 0.0594. The van der Waals surface area contributed by atoms with E-state index in [4.69, 9.17) is 4.74 Å². The largest absolute Gasteiger partial charge is 0.497 e. The summed E-state index contributed by atoms with van der Waals surface area (Å²) >= 11 is 0. The van der Waals surface area contributed by atoms with Crippen LogP contribution in [0.2, 0.25) is 0 Å². The van der Waals surface area contributed by atoms with Crippen LogP contribution in [0.5, 0.6) is 5.75 Å². The summed E-state index contributed by atoms with van der Waals surface area (Å²) in [6.07, 6.45) is 3.39. The number of esters is 2. The summed E-state index contributed by atoms with van der Waals surface area (Å²) in [6, 6.07) is 7.54. The molecule has 0 amide bonds. The molecule has 2 rings (SSSR count). The quantitative estimate of drug-likeness (QED) is 0.741. The zero-order chi connectivity index (χ0) is 18.4. The van der Waals surface area contributed by atoms with Gasteiger partial charge in [0.1, 0.15) is 16.9 Å². The standard InChI is InChI=1S/C18H19NO6/c1-23-13-6-4-12(5-7-13)8-9-19-10-14(17(21)24-2)16(20)15(11-19)18(22)25-3/h4-7,10-11H,8-9H2,1-3H3. The minimum Gasteiger partial charge on any atom is -0.497 e. The molecule has 0 spiro atoms. The summed E-state index contributed by atoms with van der Waals surface area (Å²) < 4.78 is 15.9. The van der Waals surface area contributed by atoms with Crippen LogP contribution in [0.15, 0.2) is 41.5 Å². The second kappa shape index (κ2) is 8.14. The molecule has 132 valence electrons. The molecule has 25 heavy (non-hydrogen) atoms. The van der Waals surface area contributed by atoms with E-state index in [1.165, 1.54) is 26.6 Å². The summed E-state index contributed by atoms with van der Waals surface area (Å²) in [5, 5.41) is 0. The predicted molar refractivity (Wildman–Crippen MR) is 90.1 cm³/mol. The third-order valence-electron chi connectivity index (χ3n) is 3.71. The van der Waals surface area contributed by atoms with Gasteiger partial charge in [-0.25, -0.2) is 9.59 Å². The van der Waals surface area contributed by atoms with E-state index >= 15 is 0 Å². The molecule has 0 aliphatic heterocycles. The molecule has 1 aromatic heterocycles. The molecular formula is C18H19NO6. The van der Waals surface area contributed by atoms with Crippen molar-refractivity contribution in [1.82, 2.24) is 4.57 Å². The molecular weight excluding hydrogens is 326 g/mol. The van der Waals surface area contributed by atoms with Gasteiger partial charge in [0.2, 0.25) is 5.43 Å². The molecule has 1 heterocycles. The molecule has 0 saturated carbocycles. The summed E-state index contributed by atoms with van der Waals surface area (Å²) in [7, 11) is 3.95. The van der Waals surface area contributed by atoms with E-state index in [2.05, 4.69) is 9.47 Å². The first-order valence-electron chi connectivity index (χ1n) is 7.53. The summed E-state index contributed by atoms with van der Waals surface area (Å²) in [6.45, 7) is 0.459. The van der Waals surface area contributed by atoms with Gasteiger partial charge < -0.3 is 18.8 Å². The molecule has 2 aromatic rings. The highest BCUT2D eigenvalue weighted by Gasteiger charge is 2.20. The van der Waals surface area contributed by atoms with Gasteiger partial charge in [-0.1, -0.05) is 12.1 Å². The molecule has 0 bridgehead atoms.